The molecule has 0 saturated carbocycles. The lowest BCUT2D eigenvalue weighted by Crippen LogP contribution is -2.42. The Morgan fingerprint density at radius 2 is 2.38 bits per heavy atom. The van der Waals surface area contributed by atoms with E-state index in [0.717, 1.165) is 39.0 Å². The molecule has 4 nitrogen and oxygen atoms in total. The van der Waals surface area contributed by atoms with Crippen LogP contribution in [0, 0.1) is 0 Å². The van der Waals surface area contributed by atoms with Crippen LogP contribution in [-0.4, -0.2) is 37.7 Å². The zero-order valence-electron chi connectivity index (χ0n) is 7.71. The fourth-order valence-corrected chi connectivity index (χ4v) is 1.86. The van der Waals surface area contributed by atoms with Gasteiger partial charge < -0.3 is 15.4 Å². The monoisotopic (exact) mass is 184 g/mol. The van der Waals surface area contributed by atoms with Gasteiger partial charge in [-0.15, -0.1) is 0 Å². The molecule has 2 aliphatic heterocycles. The Morgan fingerprint density at radius 3 is 3.00 bits per heavy atom. The van der Waals surface area contributed by atoms with Gasteiger partial charge in [0.15, 0.2) is 0 Å². The van der Waals surface area contributed by atoms with Crippen LogP contribution in [-0.2, 0) is 9.53 Å². The lowest BCUT2D eigenvalue weighted by molar-refractivity contribution is -0.130. The highest BCUT2D eigenvalue weighted by Crippen LogP contribution is 2.12. The van der Waals surface area contributed by atoms with Crippen LogP contribution in [0.25, 0.3) is 0 Å². The Balaban J connectivity index is 1.76. The summed E-state index contributed by atoms with van der Waals surface area (Å²) < 4.78 is 5.29. The van der Waals surface area contributed by atoms with E-state index in [1.54, 1.807) is 0 Å². The summed E-state index contributed by atoms with van der Waals surface area (Å²) in [6, 6.07) is 0.316. The first kappa shape index (κ1) is 8.97. The summed E-state index contributed by atoms with van der Waals surface area (Å²) in [5.74, 6) is 0.0752. The van der Waals surface area contributed by atoms with Crippen LogP contribution in [0.4, 0.5) is 0 Å². The minimum absolute atomic E-state index is 0.0752. The van der Waals surface area contributed by atoms with Crippen LogP contribution < -0.4 is 10.6 Å². The Kier molecular flexibility index (Phi) is 2.80. The summed E-state index contributed by atoms with van der Waals surface area (Å²) in [5.41, 5.74) is 0. The minimum Gasteiger partial charge on any atom is -0.368 e. The van der Waals surface area contributed by atoms with Gasteiger partial charge in [-0.1, -0.05) is 0 Å². The molecule has 4 heteroatoms. The van der Waals surface area contributed by atoms with E-state index in [1.807, 2.05) is 0 Å². The largest absolute Gasteiger partial charge is 0.368 e. The van der Waals surface area contributed by atoms with Gasteiger partial charge in [0.1, 0.15) is 6.10 Å². The fraction of sp³-hybridized carbons (Fsp3) is 0.889. The van der Waals surface area contributed by atoms with Crippen molar-refractivity contribution in [3.05, 3.63) is 0 Å². The van der Waals surface area contributed by atoms with E-state index in [4.69, 9.17) is 4.74 Å². The molecule has 1 amide bonds. The van der Waals surface area contributed by atoms with Crippen LogP contribution in [0.3, 0.4) is 0 Å². The first-order valence-electron chi connectivity index (χ1n) is 4.99. The van der Waals surface area contributed by atoms with Crippen molar-refractivity contribution in [3.63, 3.8) is 0 Å². The number of nitrogens with one attached hydrogen (secondary N) is 2. The zero-order valence-corrected chi connectivity index (χ0v) is 7.71. The van der Waals surface area contributed by atoms with Crippen molar-refractivity contribution in [2.45, 2.75) is 31.4 Å². The number of carbonyl (C=O) groups excluding carboxylic acids is 1. The molecule has 2 N–H and O–H groups in total. The Morgan fingerprint density at radius 1 is 1.46 bits per heavy atom. The SMILES string of the molecule is O=C(N[C@@H]1CCNC1)[C@H]1CCCO1. The molecule has 2 heterocycles. The molecule has 0 radical (unpaired) electrons. The summed E-state index contributed by atoms with van der Waals surface area (Å²) >= 11 is 0. The number of hydrogen-bond donors (Lipinski definition) is 2. The molecule has 0 aliphatic carbocycles. The quantitative estimate of drug-likeness (QED) is 0.616. The summed E-state index contributed by atoms with van der Waals surface area (Å²) in [6.07, 6.45) is 2.76. The van der Waals surface area contributed by atoms with Gasteiger partial charge in [0.2, 0.25) is 5.91 Å². The maximum absolute atomic E-state index is 11.5. The molecule has 0 spiro atoms. The van der Waals surface area contributed by atoms with E-state index >= 15 is 0 Å². The molecule has 0 aromatic carbocycles. The van der Waals surface area contributed by atoms with Gasteiger partial charge in [-0.2, -0.15) is 0 Å². The van der Waals surface area contributed by atoms with Crippen LogP contribution in [0.2, 0.25) is 0 Å². The Labute approximate surface area is 78.0 Å². The molecule has 2 saturated heterocycles. The van der Waals surface area contributed by atoms with Crippen molar-refractivity contribution >= 4 is 5.91 Å². The summed E-state index contributed by atoms with van der Waals surface area (Å²) in [7, 11) is 0. The van der Waals surface area contributed by atoms with Gasteiger partial charge in [-0.05, 0) is 25.8 Å². The number of rotatable bonds is 2. The fourth-order valence-electron chi connectivity index (χ4n) is 1.86. The van der Waals surface area contributed by atoms with E-state index < -0.39 is 0 Å². The first-order chi connectivity index (χ1) is 6.36. The first-order valence-corrected chi connectivity index (χ1v) is 4.99. The third-order valence-electron chi connectivity index (χ3n) is 2.63. The third-order valence-corrected chi connectivity index (χ3v) is 2.63. The lowest BCUT2D eigenvalue weighted by Gasteiger charge is -2.14. The molecule has 13 heavy (non-hydrogen) atoms. The predicted molar refractivity (Wildman–Crippen MR) is 48.4 cm³/mol. The number of carbonyl (C=O) groups is 1. The van der Waals surface area contributed by atoms with Gasteiger partial charge in [0, 0.05) is 19.2 Å². The van der Waals surface area contributed by atoms with Crippen LogP contribution in [0.5, 0.6) is 0 Å². The van der Waals surface area contributed by atoms with E-state index in [0.29, 0.717) is 6.04 Å². The normalized spacial score (nSPS) is 33.5. The maximum Gasteiger partial charge on any atom is 0.249 e. The molecule has 0 aromatic rings. The van der Waals surface area contributed by atoms with Gasteiger partial charge in [0.05, 0.1) is 0 Å². The number of ether oxygens (including phenoxy) is 1. The van der Waals surface area contributed by atoms with E-state index in [2.05, 4.69) is 10.6 Å². The molecule has 2 rings (SSSR count). The van der Waals surface area contributed by atoms with Crippen LogP contribution >= 0.6 is 0 Å². The second-order valence-electron chi connectivity index (χ2n) is 3.70. The molecule has 2 aliphatic rings. The van der Waals surface area contributed by atoms with Crippen LogP contribution in [0.1, 0.15) is 19.3 Å². The second-order valence-corrected chi connectivity index (χ2v) is 3.70. The molecule has 2 fully saturated rings. The Bertz CT molecular complexity index is 184. The zero-order chi connectivity index (χ0) is 9.10. The average Bonchev–Trinajstić information content (AvgIpc) is 2.74. The van der Waals surface area contributed by atoms with Crippen molar-refractivity contribution < 1.29 is 9.53 Å². The Hall–Kier alpha value is -0.610. The van der Waals surface area contributed by atoms with Crippen molar-refractivity contribution in [1.82, 2.24) is 10.6 Å². The molecule has 2 atom stereocenters. The highest BCUT2D eigenvalue weighted by Gasteiger charge is 2.26. The maximum atomic E-state index is 11.5. The molecule has 74 valence electrons. The van der Waals surface area contributed by atoms with E-state index in [9.17, 15) is 4.79 Å². The molecule has 0 bridgehead atoms. The highest BCUT2D eigenvalue weighted by molar-refractivity contribution is 5.81. The third kappa shape index (κ3) is 2.19. The average molecular weight is 184 g/mol. The number of amides is 1. The van der Waals surface area contributed by atoms with E-state index in [-0.39, 0.29) is 12.0 Å². The molecular weight excluding hydrogens is 168 g/mol. The number of hydrogen-bond acceptors (Lipinski definition) is 3. The van der Waals surface area contributed by atoms with Crippen molar-refractivity contribution in [2.24, 2.45) is 0 Å². The minimum atomic E-state index is -0.180. The van der Waals surface area contributed by atoms with Gasteiger partial charge in [-0.25, -0.2) is 0 Å². The lowest BCUT2D eigenvalue weighted by atomic mass is 10.2. The topological polar surface area (TPSA) is 50.4 Å². The summed E-state index contributed by atoms with van der Waals surface area (Å²) in [6.45, 7) is 2.65. The standard InChI is InChI=1S/C9H16N2O2/c12-9(8-2-1-5-13-8)11-7-3-4-10-6-7/h7-8,10H,1-6H2,(H,11,12)/t7-,8-/m1/s1. The molecule has 0 aromatic heterocycles. The van der Waals surface area contributed by atoms with Crippen molar-refractivity contribution in [3.8, 4) is 0 Å². The van der Waals surface area contributed by atoms with E-state index in [1.165, 1.54) is 0 Å². The summed E-state index contributed by atoms with van der Waals surface area (Å²) in [4.78, 5) is 11.5. The molecular formula is C9H16N2O2. The van der Waals surface area contributed by atoms with Gasteiger partial charge >= 0.3 is 0 Å². The van der Waals surface area contributed by atoms with Crippen LogP contribution in [0.15, 0.2) is 0 Å². The van der Waals surface area contributed by atoms with Crippen molar-refractivity contribution in [2.75, 3.05) is 19.7 Å². The van der Waals surface area contributed by atoms with Gasteiger partial charge in [0.25, 0.3) is 0 Å². The highest BCUT2D eigenvalue weighted by atomic mass is 16.5. The van der Waals surface area contributed by atoms with Gasteiger partial charge in [-0.3, -0.25) is 4.79 Å². The predicted octanol–water partition coefficient (Wildman–Crippen LogP) is -0.357. The second kappa shape index (κ2) is 4.07. The summed E-state index contributed by atoms with van der Waals surface area (Å²) in [5, 5.41) is 6.21. The van der Waals surface area contributed by atoms with Crippen molar-refractivity contribution in [1.29, 1.82) is 0 Å². The molecule has 0 unspecified atom stereocenters. The smallest absolute Gasteiger partial charge is 0.249 e.